The maximum absolute atomic E-state index is 12.5. The van der Waals surface area contributed by atoms with E-state index >= 15 is 0 Å². The Morgan fingerprint density at radius 1 is 0.346 bits per heavy atom. The summed E-state index contributed by atoms with van der Waals surface area (Å²) in [5, 5.41) is 31.2. The molecule has 7 nitrogen and oxygen atoms in total. The van der Waals surface area contributed by atoms with Crippen LogP contribution in [0.2, 0.25) is 18.1 Å². The van der Waals surface area contributed by atoms with E-state index in [4.69, 9.17) is 20.6 Å². The molecule has 20 aliphatic rings. The molecule has 0 aromatic carbocycles. The largest absolute Gasteiger partial charge is 1.00 e. The van der Waals surface area contributed by atoms with Crippen LogP contribution in [-0.4, -0.2) is 87.4 Å². The van der Waals surface area contributed by atoms with Crippen LogP contribution in [0.1, 0.15) is 470 Å². The molecule has 20 saturated carbocycles. The number of aliphatic hydroxyl groups is 3. The first-order chi connectivity index (χ1) is 56.9. The second-order valence-corrected chi connectivity index (χ2v) is 58.9. The Kier molecular flexibility index (Phi) is 38.6. The predicted molar refractivity (Wildman–Crippen MR) is 542 cm³/mol. The minimum absolute atomic E-state index is 0. The normalized spacial score (nSPS) is 50.0. The van der Waals surface area contributed by atoms with E-state index in [9.17, 15) is 24.9 Å². The Morgan fingerprint density at radius 3 is 0.882 bits per heavy atom. The summed E-state index contributed by atoms with van der Waals surface area (Å²) in [6.07, 6.45) is 67.5. The summed E-state index contributed by atoms with van der Waals surface area (Å²) in [4.78, 5) is 24.9. The Balaban J connectivity index is 0.000000211. The number of ketones is 2. The molecule has 0 aliphatic heterocycles. The minimum atomic E-state index is -1.39. The van der Waals surface area contributed by atoms with Gasteiger partial charge in [0, 0.05) is 46.3 Å². The van der Waals surface area contributed by atoms with Gasteiger partial charge in [0.25, 0.3) is 0 Å². The van der Waals surface area contributed by atoms with Crippen molar-refractivity contribution in [3.05, 3.63) is 0 Å². The molecule has 0 aromatic rings. The smallest absolute Gasteiger partial charge is 1.00 e. The summed E-state index contributed by atoms with van der Waals surface area (Å²) in [6.45, 7) is 42.8. The van der Waals surface area contributed by atoms with Gasteiger partial charge in [0.15, 0.2) is 7.38 Å². The van der Waals surface area contributed by atoms with E-state index in [1.807, 2.05) is 14.2 Å². The molecular formula is C116H212BClNaO7Si. The molecular weight excluding hydrogens is 1600 g/mol. The van der Waals surface area contributed by atoms with Gasteiger partial charge in [0.1, 0.15) is 11.6 Å². The Bertz CT molecular complexity index is 3300. The molecule has 0 amide bonds. The van der Waals surface area contributed by atoms with Crippen molar-refractivity contribution in [2.45, 2.75) is 518 Å². The van der Waals surface area contributed by atoms with Crippen molar-refractivity contribution in [1.29, 1.82) is 0 Å². The molecule has 0 spiro atoms. The number of ether oxygens (including phenoxy) is 2. The maximum atomic E-state index is 12.5. The average molecular weight is 1820 g/mol. The van der Waals surface area contributed by atoms with E-state index in [0.717, 1.165) is 188 Å². The quantitative estimate of drug-likeness (QED) is 0.172. The standard InChI is InChI=1S/C22H38O.C21H36O2.C21H36O.C21H34O.C20H32O2.C6H15ClSi.5CH4.B.Na.H/c1-5-22-13-10-15(2)14-16(22)6-7-17-18-8-9-20(23-4)21(18,3)12-11-19(17)22;1-4-21-12-9-15(22)13-14(21)5-6-16-17-7-8-19(23-3)20(17,2)11-10-18(16)21;2*1-4-21-12-9-14(2)13-15(21)5-6-16-17-7-8-19(22)20(17,3)11-10-18(16)21;1-3-20-11-8-14(21)12-13(20)4-5-15-16-6-7-18(22)19(16,2)10-9-17(15)20;1-6(2,3)8(4,5)7;;;;;;;;/h15-20H,5-14H2,1-4H3;14-19,22H,4-13H2,1-3H3;14-19,22H,4-13H2,1-3H3;14-18H,4-13H2,1-3H3;13-17,21H,3-12H2,1-2H3;1-5H3;5*1H4;;;/q;;;;;;;;;;;;+1;-1/t15-,16+,17+,18+,19+,20+,21+,22+;14-,15+,16-,17-,18-,19-,20-,21-;14-,15+,16+,17+,18+,19+,20+,21+;14-,15+,16+,17+,18+,20+,21+;13-,14+,15-,16-,17-,19-,20-;;;;;;;;;/m10110........./s1. The van der Waals surface area contributed by atoms with Crippen LogP contribution in [0.3, 0.4) is 0 Å². The second kappa shape index (κ2) is 43.4. The van der Waals surface area contributed by atoms with E-state index < -0.39 is 7.38 Å². The third-order valence-corrected chi connectivity index (χ3v) is 52.7. The van der Waals surface area contributed by atoms with Crippen molar-refractivity contribution >= 4 is 38.4 Å². The Hall–Kier alpha value is 0.712. The van der Waals surface area contributed by atoms with Gasteiger partial charge in [0.2, 0.25) is 0 Å². The van der Waals surface area contributed by atoms with Gasteiger partial charge >= 0.3 is 29.6 Å². The molecule has 0 saturated heterocycles. The molecule has 3 radical (unpaired) electrons. The van der Waals surface area contributed by atoms with Crippen LogP contribution in [0.4, 0.5) is 0 Å². The molecule has 0 bridgehead atoms. The summed E-state index contributed by atoms with van der Waals surface area (Å²) in [5.74, 6) is 21.9. The van der Waals surface area contributed by atoms with Crippen LogP contribution in [0.25, 0.3) is 0 Å². The molecule has 0 unspecified atom stereocenters. The molecule has 11 heteroatoms. The number of hydrogen-bond acceptors (Lipinski definition) is 7. The van der Waals surface area contributed by atoms with Gasteiger partial charge in [-0.1, -0.05) is 180 Å². The van der Waals surface area contributed by atoms with Gasteiger partial charge in [0.05, 0.1) is 30.5 Å². The van der Waals surface area contributed by atoms with Crippen molar-refractivity contribution in [3.8, 4) is 0 Å². The monoisotopic (exact) mass is 1810 g/mol. The van der Waals surface area contributed by atoms with Crippen LogP contribution < -0.4 is 29.6 Å². The van der Waals surface area contributed by atoms with Gasteiger partial charge in [-0.2, -0.15) is 11.1 Å². The fraction of sp³-hybridized carbons (Fsp3) is 0.983. The van der Waals surface area contributed by atoms with Gasteiger partial charge in [-0.05, 0) is 473 Å². The number of halogens is 1. The molecule has 38 atom stereocenters. The zero-order valence-corrected chi connectivity index (χ0v) is 87.2. The molecule has 20 rings (SSSR count). The summed E-state index contributed by atoms with van der Waals surface area (Å²) >= 11 is 6.15. The van der Waals surface area contributed by atoms with Crippen molar-refractivity contribution in [2.75, 3.05) is 14.2 Å². The van der Waals surface area contributed by atoms with Gasteiger partial charge in [-0.25, -0.2) is 0 Å². The second-order valence-electron chi connectivity index (χ2n) is 51.6. The van der Waals surface area contributed by atoms with Crippen molar-refractivity contribution in [1.82, 2.24) is 0 Å². The first-order valence-corrected chi connectivity index (χ1v) is 57.7. The van der Waals surface area contributed by atoms with Crippen LogP contribution in [0.15, 0.2) is 0 Å². The van der Waals surface area contributed by atoms with Crippen molar-refractivity contribution in [3.63, 3.8) is 0 Å². The topological polar surface area (TPSA) is 113 Å². The number of carbonyl (C=O) groups is 2. The summed E-state index contributed by atoms with van der Waals surface area (Å²) in [5.41, 5.74) is 4.30. The predicted octanol–water partition coefficient (Wildman–Crippen LogP) is 29.4. The molecule has 127 heavy (non-hydrogen) atoms. The fourth-order valence-corrected chi connectivity index (χ4v) is 39.6. The molecule has 20 aliphatic carbocycles. The number of carbonyl (C=O) groups excluding carboxylic acids is 2. The fourth-order valence-electron chi connectivity index (χ4n) is 39.6. The summed E-state index contributed by atoms with van der Waals surface area (Å²) < 4.78 is 11.8. The van der Waals surface area contributed by atoms with E-state index in [-0.39, 0.29) is 111 Å². The maximum Gasteiger partial charge on any atom is 1.00 e. The van der Waals surface area contributed by atoms with Gasteiger partial charge < -0.3 is 26.2 Å². The number of methoxy groups -OCH3 is 2. The molecule has 0 heterocycles. The minimum Gasteiger partial charge on any atom is -1.00 e. The van der Waals surface area contributed by atoms with Crippen LogP contribution >= 0.6 is 11.1 Å². The first-order valence-electron chi connectivity index (χ1n) is 53.7. The van der Waals surface area contributed by atoms with Crippen molar-refractivity contribution < 1.29 is 65.4 Å². The van der Waals surface area contributed by atoms with Crippen molar-refractivity contribution in [2.24, 2.45) is 190 Å². The number of aliphatic hydroxyl groups excluding tert-OH is 3. The zero-order chi connectivity index (χ0) is 86.1. The average Bonchev–Trinajstić information content (AvgIpc) is 1.36. The number of hydrogen-bond donors (Lipinski definition) is 3. The first kappa shape index (κ1) is 113. The molecule has 0 aromatic heterocycles. The Morgan fingerprint density at radius 2 is 0.598 bits per heavy atom. The van der Waals surface area contributed by atoms with E-state index in [1.165, 1.54) is 263 Å². The van der Waals surface area contributed by atoms with E-state index in [1.54, 1.807) is 0 Å². The summed E-state index contributed by atoms with van der Waals surface area (Å²) in [6, 6.07) is 0. The number of Topliss-reactive ketones (excluding diaryl/α,β-unsaturated/α-hetero) is 2. The Labute approximate surface area is 819 Å². The summed E-state index contributed by atoms with van der Waals surface area (Å²) in [7, 11) is 2.50. The van der Waals surface area contributed by atoms with Crippen LogP contribution in [-0.2, 0) is 19.1 Å². The third-order valence-electron chi connectivity index (χ3n) is 47.4. The molecule has 733 valence electrons. The number of rotatable bonds is 7. The van der Waals surface area contributed by atoms with Gasteiger partial charge in [-0.15, -0.1) is 0 Å². The third kappa shape index (κ3) is 19.4. The van der Waals surface area contributed by atoms with Crippen LogP contribution in [0.5, 0.6) is 0 Å². The van der Waals surface area contributed by atoms with Gasteiger partial charge in [-0.3, -0.25) is 9.59 Å². The SMILES string of the molecule is C.C.C.C.C.CC(C)(C)[Si](C)(C)Cl.CC[C@]12CC[C@@H](C)C[C@@H]1CC[C@@H]1[C@@H]2CC[C@]2(C)C(=O)CC[C@@H]12.CC[C@]12CC[C@@H](C)C[C@@H]1CC[C@H]1[C@@H]3CC[C@H](O)[C@@]3(C)CC[C@@H]12.CC[C@]12CC[C@@H](C)C[C@@H]1CC[C@H]1[C@@H]3CC[C@H](OC)[C@@]3(C)CC[C@@H]12.CC[C@]12CC[C@@H](O)C[C@@H]1CC[C@@H]1[C@@H]2CC[C@]2(C)C(=O)CC[C@@H]12.CC[C@]12CC[C@@H](O)C[C@@H]1CC[C@H]1[C@@H]3CC[C@H](OC)[C@@]3(C)CC[C@@H]12.[B].[H-].[Na+]. The number of fused-ring (bicyclic) bond motifs is 25. The van der Waals surface area contributed by atoms with E-state index in [2.05, 4.69) is 124 Å². The molecule has 20 fully saturated rings. The van der Waals surface area contributed by atoms with Crippen LogP contribution in [0, 0.1) is 190 Å². The zero-order valence-electron chi connectivity index (χ0n) is 84.5. The molecule has 3 N–H and O–H groups in total. The van der Waals surface area contributed by atoms with E-state index in [0.29, 0.717) is 72.6 Å².